The Morgan fingerprint density at radius 1 is 0.938 bits per heavy atom. The fraction of sp³-hybridized carbons (Fsp3) is 0.386. The van der Waals surface area contributed by atoms with E-state index in [-0.39, 0.29) is 37.9 Å². The molecule has 1 aliphatic carbocycles. The summed E-state index contributed by atoms with van der Waals surface area (Å²) in [5.74, 6) is -3.56. The van der Waals surface area contributed by atoms with Gasteiger partial charge in [-0.1, -0.05) is 49.7 Å². The number of nitrogens with one attached hydrogen (secondary N) is 6. The number of nitrogens with zero attached hydrogens (tertiary/aromatic N) is 2. The van der Waals surface area contributed by atoms with Crippen molar-refractivity contribution < 1.29 is 47.4 Å². The SMILES string of the molecule is CCC(C)c1cc2n(c(=O)c1COC=O)Cc1c-2nc2cc(F)c(C)c3c2c1C(NC(=O)COCNC(=O)CNC(=O)CNC(=O)CNC(=O)CN[C-]=O)CC3.Cc1ccccc1.[Fm]. The first kappa shape index (κ1) is 48.6. The Bertz CT molecular complexity index is 2450. The largest absolute Gasteiger partial charge is 0.522 e. The van der Waals surface area contributed by atoms with Crippen LogP contribution in [0.2, 0.25) is 0 Å². The average Bonchev–Trinajstić information content (AvgIpc) is 3.65. The molecule has 18 nitrogen and oxygen atoms in total. The standard InChI is InChI=1S/C37H42FN8O10.C7H8.Fm/c1-4-19(2)22-7-28-36-23(13-46(28)37(54)24(22)14-56-18-48)35-26(6-5-21-20(3)25(38)8-27(45-36)34(21)35)44-33(53)15-55-17-43-32(52)12-42-31(51)11-41-30(50)10-40-29(49)9-39-16-47;1-7-5-3-2-4-6-7;/h7-8,18-19,26H,4-6,9-15,17H2,1-3H3,(H,39,47)(H,40,49)(H,41,50)(H,42,51)(H,43,52)(H,44,53);2-6H,1H3;/q-1;;. The number of amides is 6. The van der Waals surface area contributed by atoms with Gasteiger partial charge in [0.2, 0.25) is 29.5 Å². The number of aryl methyl sites for hydroxylation is 2. The van der Waals surface area contributed by atoms with E-state index in [1.54, 1.807) is 11.5 Å². The zero-order chi connectivity index (χ0) is 45.6. The van der Waals surface area contributed by atoms with Gasteiger partial charge >= 0.3 is 0 Å². The Balaban J connectivity index is 0.00000102. The van der Waals surface area contributed by atoms with E-state index >= 15 is 4.39 Å². The molecular formula is C44H50FFmN8O10-. The number of ether oxygens (including phenoxy) is 2. The van der Waals surface area contributed by atoms with Gasteiger partial charge in [-0.3, -0.25) is 33.6 Å². The number of halogens is 1. The summed E-state index contributed by atoms with van der Waals surface area (Å²) in [5.41, 5.74) is 6.28. The first-order valence-electron chi connectivity index (χ1n) is 20.3. The maximum Gasteiger partial charge on any atom is 0.293 e. The second-order valence-electron chi connectivity index (χ2n) is 15.0. The second-order valence-corrected chi connectivity index (χ2v) is 15.0. The fourth-order valence-corrected chi connectivity index (χ4v) is 7.38. The minimum Gasteiger partial charge on any atom is -0.522 e. The summed E-state index contributed by atoms with van der Waals surface area (Å²) in [5, 5.41) is 14.9. The molecule has 2 unspecified atom stereocenters. The quantitative estimate of drug-likeness (QED) is 0.0226. The van der Waals surface area contributed by atoms with Crippen LogP contribution in [0.4, 0.5) is 4.39 Å². The van der Waals surface area contributed by atoms with Gasteiger partial charge in [-0.05, 0) is 67.3 Å². The molecule has 2 aliphatic rings. The predicted octanol–water partition coefficient (Wildman–Crippen LogP) is 1.25. The molecule has 2 aromatic heterocycles. The van der Waals surface area contributed by atoms with Crippen LogP contribution in [-0.2, 0) is 62.6 Å². The molecule has 0 fully saturated rings. The van der Waals surface area contributed by atoms with E-state index in [1.807, 2.05) is 43.4 Å². The van der Waals surface area contributed by atoms with Crippen molar-refractivity contribution in [3.05, 3.63) is 97.6 Å². The number of fused-ring (bicyclic) bond motifs is 4. The van der Waals surface area contributed by atoms with Crippen LogP contribution in [0.5, 0.6) is 0 Å². The minimum absolute atomic E-state index is 0. The molecule has 0 spiro atoms. The maximum absolute atomic E-state index is 15.2. The molecule has 0 saturated heterocycles. The van der Waals surface area contributed by atoms with Gasteiger partial charge in [0, 0.05) is 17.0 Å². The Hall–Kier alpha value is -8.02. The molecule has 1 aliphatic heterocycles. The molecule has 6 amide bonds. The molecular weight excluding hydrogens is 1080 g/mol. The van der Waals surface area contributed by atoms with Gasteiger partial charge < -0.3 is 50.7 Å². The number of benzene rings is 2. The third-order valence-corrected chi connectivity index (χ3v) is 10.7. The van der Waals surface area contributed by atoms with Crippen molar-refractivity contribution in [1.82, 2.24) is 41.5 Å². The van der Waals surface area contributed by atoms with Gasteiger partial charge in [-0.15, -0.1) is 0 Å². The van der Waals surface area contributed by atoms with Crippen LogP contribution >= 0.6 is 0 Å². The number of aromatic nitrogens is 2. The first-order chi connectivity index (χ1) is 30.3. The number of rotatable bonds is 19. The molecule has 64 heavy (non-hydrogen) atoms. The van der Waals surface area contributed by atoms with Crippen molar-refractivity contribution in [2.24, 2.45) is 0 Å². The van der Waals surface area contributed by atoms with E-state index in [4.69, 9.17) is 14.5 Å². The predicted molar refractivity (Wildman–Crippen MR) is 227 cm³/mol. The molecule has 0 saturated carbocycles. The zero-order valence-corrected chi connectivity index (χ0v) is 38.1. The summed E-state index contributed by atoms with van der Waals surface area (Å²) in [6.07, 6.45) is 2.92. The van der Waals surface area contributed by atoms with Gasteiger partial charge in [0.1, 0.15) is 25.8 Å². The molecule has 3 heterocycles. The third kappa shape index (κ3) is 11.9. The maximum atomic E-state index is 15.2. The van der Waals surface area contributed by atoms with Crippen molar-refractivity contribution in [2.45, 2.75) is 72.1 Å². The number of carbonyl (C=O) groups is 6. The number of carbonyl (C=O) groups excluding carboxylic acids is 7. The number of pyridine rings is 2. The molecule has 2 aromatic carbocycles. The first-order valence-corrected chi connectivity index (χ1v) is 20.3. The van der Waals surface area contributed by atoms with Gasteiger partial charge in [0.15, 0.2) is 0 Å². The summed E-state index contributed by atoms with van der Waals surface area (Å²) in [7, 11) is 0. The third-order valence-electron chi connectivity index (χ3n) is 10.7. The van der Waals surface area contributed by atoms with Crippen molar-refractivity contribution >= 4 is 53.3 Å². The van der Waals surface area contributed by atoms with E-state index in [0.717, 1.165) is 34.1 Å². The molecule has 4 aromatic rings. The van der Waals surface area contributed by atoms with E-state index in [9.17, 15) is 38.4 Å². The van der Waals surface area contributed by atoms with Crippen molar-refractivity contribution in [3.63, 3.8) is 0 Å². The topological polar surface area (TPSA) is 245 Å². The number of hydrogen-bond donors (Lipinski definition) is 6. The monoisotopic (exact) mass is 1130 g/mol. The number of hydrogen-bond acceptors (Lipinski definition) is 11. The summed E-state index contributed by atoms with van der Waals surface area (Å²) >= 11 is 0. The van der Waals surface area contributed by atoms with E-state index in [2.05, 4.69) is 45.6 Å². The summed E-state index contributed by atoms with van der Waals surface area (Å²) in [6.45, 7) is 5.50. The van der Waals surface area contributed by atoms with Crippen LogP contribution in [0.1, 0.15) is 77.6 Å². The Morgan fingerprint density at radius 2 is 1.58 bits per heavy atom. The van der Waals surface area contributed by atoms with E-state index in [0.29, 0.717) is 47.3 Å². The Kier molecular flexibility index (Phi) is 17.3. The average molecular weight is 1130 g/mol. The van der Waals surface area contributed by atoms with E-state index in [1.165, 1.54) is 18.0 Å². The smallest absolute Gasteiger partial charge is 0.293 e. The molecule has 6 rings (SSSR count). The van der Waals surface area contributed by atoms with Gasteiger partial charge in [-0.2, -0.15) is 6.41 Å². The molecule has 2 atom stereocenters. The molecule has 0 radical (unpaired) electrons. The minimum atomic E-state index is -0.683. The molecule has 20 heteroatoms. The normalized spacial score (nSPS) is 13.3. The molecule has 346 valence electrons. The van der Waals surface area contributed by atoms with E-state index < -0.39 is 67.6 Å². The van der Waals surface area contributed by atoms with Crippen LogP contribution in [0.25, 0.3) is 22.3 Å². The van der Waals surface area contributed by atoms with Gasteiger partial charge in [0.25, 0.3) is 12.0 Å². The zero-order valence-electron chi connectivity index (χ0n) is 35.7. The van der Waals surface area contributed by atoms with Crippen molar-refractivity contribution in [3.8, 4) is 11.4 Å². The summed E-state index contributed by atoms with van der Waals surface area (Å²) in [4.78, 5) is 100. The Labute approximate surface area is 362 Å². The van der Waals surface area contributed by atoms with Crippen LogP contribution in [-0.4, -0.2) is 91.5 Å². The van der Waals surface area contributed by atoms with Crippen molar-refractivity contribution in [2.75, 3.05) is 39.5 Å². The van der Waals surface area contributed by atoms with Crippen LogP contribution in [0.3, 0.4) is 0 Å². The van der Waals surface area contributed by atoms with Crippen LogP contribution < -0.4 is 37.5 Å². The summed E-state index contributed by atoms with van der Waals surface area (Å²) in [6, 6.07) is 13.0. The van der Waals surface area contributed by atoms with Gasteiger partial charge in [0.05, 0.1) is 61.2 Å². The fourth-order valence-electron chi connectivity index (χ4n) is 7.38. The summed E-state index contributed by atoms with van der Waals surface area (Å²) < 4.78 is 27.2. The second kappa shape index (κ2) is 22.7. The van der Waals surface area contributed by atoms with Gasteiger partial charge in [-0.25, -0.2) is 9.37 Å². The molecule has 0 bridgehead atoms. The Morgan fingerprint density at radius 3 is 2.17 bits per heavy atom. The molecule has 6 N–H and O–H groups in total. The van der Waals surface area contributed by atoms with Crippen LogP contribution in [0, 0.1) is 19.7 Å². The van der Waals surface area contributed by atoms with Crippen LogP contribution in [0.15, 0.2) is 47.3 Å². The van der Waals surface area contributed by atoms with Crippen molar-refractivity contribution in [1.29, 1.82) is 0 Å².